The summed E-state index contributed by atoms with van der Waals surface area (Å²) in [6.45, 7) is 1.84. The summed E-state index contributed by atoms with van der Waals surface area (Å²) in [7, 11) is 1.82. The van der Waals surface area contributed by atoms with Crippen molar-refractivity contribution in [3.8, 4) is 6.07 Å². The lowest BCUT2D eigenvalue weighted by atomic mass is 10.3. The van der Waals surface area contributed by atoms with Gasteiger partial charge in [0.2, 0.25) is 0 Å². The molecule has 4 heteroatoms. The number of hydrogen-bond acceptors (Lipinski definition) is 4. The summed E-state index contributed by atoms with van der Waals surface area (Å²) in [6, 6.07) is 1.80. The van der Waals surface area contributed by atoms with Crippen LogP contribution in [0.1, 0.15) is 6.92 Å². The first-order valence-electron chi connectivity index (χ1n) is 3.09. The third-order valence-corrected chi connectivity index (χ3v) is 1.72. The molecule has 0 radical (unpaired) electrons. The molecule has 0 bridgehead atoms. The number of nitrogens with zero attached hydrogens (tertiary/aromatic N) is 3. The standard InChI is InChI=1S/C6H10N4/c1-4-9-6(8)5(3-7)10(4)2/h5-6H,8H2,1-2H3. The molecular weight excluding hydrogens is 128 g/mol. The van der Waals surface area contributed by atoms with Crippen LogP contribution < -0.4 is 5.73 Å². The number of hydrogen-bond donors (Lipinski definition) is 1. The molecule has 0 aliphatic carbocycles. The fraction of sp³-hybridized carbons (Fsp3) is 0.667. The van der Waals surface area contributed by atoms with Crippen molar-refractivity contribution >= 4 is 5.84 Å². The van der Waals surface area contributed by atoms with Gasteiger partial charge in [-0.15, -0.1) is 0 Å². The van der Waals surface area contributed by atoms with Crippen molar-refractivity contribution in [2.24, 2.45) is 10.7 Å². The second kappa shape index (κ2) is 2.27. The molecule has 0 aromatic heterocycles. The van der Waals surface area contributed by atoms with Crippen molar-refractivity contribution in [1.82, 2.24) is 4.90 Å². The fourth-order valence-electron chi connectivity index (χ4n) is 0.971. The van der Waals surface area contributed by atoms with Gasteiger partial charge in [-0.25, -0.2) is 0 Å². The molecule has 0 saturated carbocycles. The number of nitriles is 1. The van der Waals surface area contributed by atoms with Gasteiger partial charge in [0, 0.05) is 7.05 Å². The van der Waals surface area contributed by atoms with Crippen LogP contribution in [0.4, 0.5) is 0 Å². The molecule has 10 heavy (non-hydrogen) atoms. The lowest BCUT2D eigenvalue weighted by Crippen LogP contribution is -2.38. The number of likely N-dealkylation sites (N-methyl/N-ethyl adjacent to an activating group) is 1. The molecule has 1 aliphatic rings. The largest absolute Gasteiger partial charge is 0.345 e. The average molecular weight is 138 g/mol. The molecule has 1 aliphatic heterocycles. The van der Waals surface area contributed by atoms with Crippen LogP contribution in [0.3, 0.4) is 0 Å². The molecule has 2 atom stereocenters. The molecule has 0 aromatic rings. The Balaban J connectivity index is 2.78. The Morgan fingerprint density at radius 1 is 1.80 bits per heavy atom. The summed E-state index contributed by atoms with van der Waals surface area (Å²) in [5, 5.41) is 8.58. The number of aliphatic imine (C=N–C) groups is 1. The Hall–Kier alpha value is -1.08. The van der Waals surface area contributed by atoms with Gasteiger partial charge in [0.1, 0.15) is 6.17 Å². The predicted octanol–water partition coefficient (Wildman–Crippen LogP) is -0.473. The lowest BCUT2D eigenvalue weighted by molar-refractivity contribution is 0.423. The van der Waals surface area contributed by atoms with E-state index >= 15 is 0 Å². The predicted molar refractivity (Wildman–Crippen MR) is 38.2 cm³/mol. The third-order valence-electron chi connectivity index (χ3n) is 1.72. The first kappa shape index (κ1) is 7.03. The van der Waals surface area contributed by atoms with Crippen LogP contribution in [0, 0.1) is 11.3 Å². The molecule has 0 aromatic carbocycles. The zero-order chi connectivity index (χ0) is 7.72. The van der Waals surface area contributed by atoms with Crippen LogP contribution >= 0.6 is 0 Å². The van der Waals surface area contributed by atoms with Crippen molar-refractivity contribution in [3.63, 3.8) is 0 Å². The van der Waals surface area contributed by atoms with Crippen LogP contribution in [0.15, 0.2) is 4.99 Å². The van der Waals surface area contributed by atoms with E-state index in [2.05, 4.69) is 11.1 Å². The highest BCUT2D eigenvalue weighted by atomic mass is 15.3. The van der Waals surface area contributed by atoms with Crippen LogP contribution in [-0.2, 0) is 0 Å². The van der Waals surface area contributed by atoms with Gasteiger partial charge in [-0.2, -0.15) is 5.26 Å². The van der Waals surface area contributed by atoms with Crippen molar-refractivity contribution in [2.45, 2.75) is 19.1 Å². The van der Waals surface area contributed by atoms with Crippen LogP contribution in [0.5, 0.6) is 0 Å². The fourth-order valence-corrected chi connectivity index (χ4v) is 0.971. The van der Waals surface area contributed by atoms with Gasteiger partial charge in [0.25, 0.3) is 0 Å². The van der Waals surface area contributed by atoms with Crippen molar-refractivity contribution < 1.29 is 0 Å². The van der Waals surface area contributed by atoms with E-state index in [1.54, 1.807) is 4.90 Å². The van der Waals surface area contributed by atoms with E-state index in [0.29, 0.717) is 0 Å². The molecule has 54 valence electrons. The average Bonchev–Trinajstić information content (AvgIpc) is 2.09. The first-order valence-corrected chi connectivity index (χ1v) is 3.09. The van der Waals surface area contributed by atoms with Crippen LogP contribution in [0.25, 0.3) is 0 Å². The third kappa shape index (κ3) is 0.847. The van der Waals surface area contributed by atoms with Gasteiger partial charge in [-0.3, -0.25) is 4.99 Å². The molecule has 0 fully saturated rings. The van der Waals surface area contributed by atoms with E-state index in [1.165, 1.54) is 0 Å². The van der Waals surface area contributed by atoms with Crippen LogP contribution in [-0.4, -0.2) is 30.0 Å². The zero-order valence-electron chi connectivity index (χ0n) is 6.07. The Kier molecular flexibility index (Phi) is 1.60. The molecule has 1 rings (SSSR count). The zero-order valence-corrected chi connectivity index (χ0v) is 6.07. The quantitative estimate of drug-likeness (QED) is 0.492. The second-order valence-electron chi connectivity index (χ2n) is 2.35. The smallest absolute Gasteiger partial charge is 0.153 e. The molecule has 1 heterocycles. The number of nitrogens with two attached hydrogens (primary N) is 1. The highest BCUT2D eigenvalue weighted by Gasteiger charge is 2.28. The van der Waals surface area contributed by atoms with Gasteiger partial charge < -0.3 is 10.6 Å². The van der Waals surface area contributed by atoms with Crippen LogP contribution in [0.2, 0.25) is 0 Å². The maximum atomic E-state index is 8.58. The molecule has 4 nitrogen and oxygen atoms in total. The molecule has 0 amide bonds. The molecule has 0 spiro atoms. The van der Waals surface area contributed by atoms with Crippen molar-refractivity contribution in [1.29, 1.82) is 5.26 Å². The van der Waals surface area contributed by atoms with Gasteiger partial charge >= 0.3 is 0 Å². The van der Waals surface area contributed by atoms with Gasteiger partial charge in [0.15, 0.2) is 6.04 Å². The van der Waals surface area contributed by atoms with E-state index in [1.807, 2.05) is 14.0 Å². The van der Waals surface area contributed by atoms with E-state index in [-0.39, 0.29) is 12.2 Å². The van der Waals surface area contributed by atoms with Gasteiger partial charge in [0.05, 0.1) is 11.9 Å². The Labute approximate surface area is 59.9 Å². The van der Waals surface area contributed by atoms with Crippen molar-refractivity contribution in [2.75, 3.05) is 7.05 Å². The number of rotatable bonds is 0. The van der Waals surface area contributed by atoms with E-state index in [9.17, 15) is 0 Å². The SMILES string of the molecule is CC1=NC(N)C(C#N)N1C. The maximum Gasteiger partial charge on any atom is 0.153 e. The topological polar surface area (TPSA) is 65.4 Å². The normalized spacial score (nSPS) is 31.8. The lowest BCUT2D eigenvalue weighted by Gasteiger charge is -2.16. The van der Waals surface area contributed by atoms with Crippen molar-refractivity contribution in [3.05, 3.63) is 0 Å². The monoisotopic (exact) mass is 138 g/mol. The molecule has 0 saturated heterocycles. The highest BCUT2D eigenvalue weighted by molar-refractivity contribution is 5.82. The summed E-state index contributed by atoms with van der Waals surface area (Å²) >= 11 is 0. The summed E-state index contributed by atoms with van der Waals surface area (Å²) < 4.78 is 0. The Bertz CT molecular complexity index is 202. The molecule has 2 N–H and O–H groups in total. The maximum absolute atomic E-state index is 8.58. The summed E-state index contributed by atoms with van der Waals surface area (Å²) in [5.74, 6) is 0.832. The highest BCUT2D eigenvalue weighted by Crippen LogP contribution is 2.10. The minimum Gasteiger partial charge on any atom is -0.345 e. The van der Waals surface area contributed by atoms with E-state index in [0.717, 1.165) is 5.84 Å². The van der Waals surface area contributed by atoms with E-state index < -0.39 is 0 Å². The summed E-state index contributed by atoms with van der Waals surface area (Å²) in [6.07, 6.45) is -0.366. The number of amidine groups is 1. The van der Waals surface area contributed by atoms with Gasteiger partial charge in [-0.1, -0.05) is 0 Å². The first-order chi connectivity index (χ1) is 4.66. The summed E-state index contributed by atoms with van der Waals surface area (Å²) in [5.41, 5.74) is 5.52. The minimum absolute atomic E-state index is 0.278. The summed E-state index contributed by atoms with van der Waals surface area (Å²) in [4.78, 5) is 5.80. The minimum atomic E-state index is -0.366. The molecular formula is C6H10N4. The van der Waals surface area contributed by atoms with E-state index in [4.69, 9.17) is 11.0 Å². The Morgan fingerprint density at radius 3 is 2.60 bits per heavy atom. The van der Waals surface area contributed by atoms with Gasteiger partial charge in [-0.05, 0) is 6.92 Å². The second-order valence-corrected chi connectivity index (χ2v) is 2.35. The molecule has 2 unspecified atom stereocenters. The Morgan fingerprint density at radius 2 is 2.40 bits per heavy atom.